The number of esters is 1. The first-order valence-electron chi connectivity index (χ1n) is 11.6. The number of aromatic nitrogens is 2. The zero-order chi connectivity index (χ0) is 25.0. The minimum atomic E-state index is -3.58. The fraction of sp³-hybridized carbons (Fsp3) is 0.320. The van der Waals surface area contributed by atoms with Gasteiger partial charge in [0, 0.05) is 24.7 Å². The van der Waals surface area contributed by atoms with Crippen molar-refractivity contribution in [3.63, 3.8) is 0 Å². The predicted molar refractivity (Wildman–Crippen MR) is 131 cm³/mol. The number of amides is 1. The molecule has 9 nitrogen and oxygen atoms in total. The summed E-state index contributed by atoms with van der Waals surface area (Å²) >= 11 is 0. The second kappa shape index (κ2) is 10.4. The molecule has 1 heterocycles. The van der Waals surface area contributed by atoms with Crippen molar-refractivity contribution in [2.45, 2.75) is 37.5 Å². The normalized spacial score (nSPS) is 13.6. The van der Waals surface area contributed by atoms with Gasteiger partial charge in [-0.1, -0.05) is 32.0 Å². The number of hydrogen-bond acceptors (Lipinski definition) is 6. The average Bonchev–Trinajstić information content (AvgIpc) is 3.62. The molecule has 2 aromatic carbocycles. The molecule has 0 radical (unpaired) electrons. The SMILES string of the molecule is CCN(CC)S(=O)(=O)c1ccc(NC(=O)COC(=O)c2cc(C3CC3)nn2-c2ccccc2)cc1. The zero-order valence-electron chi connectivity index (χ0n) is 19.7. The lowest BCUT2D eigenvalue weighted by Crippen LogP contribution is -2.30. The largest absolute Gasteiger partial charge is 0.451 e. The molecule has 1 N–H and O–H groups in total. The molecular weight excluding hydrogens is 468 g/mol. The zero-order valence-corrected chi connectivity index (χ0v) is 20.5. The summed E-state index contributed by atoms with van der Waals surface area (Å²) in [7, 11) is -3.58. The van der Waals surface area contributed by atoms with Crippen LogP contribution in [0.5, 0.6) is 0 Å². The van der Waals surface area contributed by atoms with Crippen LogP contribution in [0, 0.1) is 0 Å². The van der Waals surface area contributed by atoms with Crippen molar-refractivity contribution in [1.29, 1.82) is 0 Å². The van der Waals surface area contributed by atoms with Gasteiger partial charge in [-0.3, -0.25) is 4.79 Å². The summed E-state index contributed by atoms with van der Waals surface area (Å²) in [5.74, 6) is -0.835. The fourth-order valence-electron chi connectivity index (χ4n) is 3.71. The Morgan fingerprint density at radius 1 is 1.06 bits per heavy atom. The molecule has 10 heteroatoms. The van der Waals surface area contributed by atoms with Crippen molar-refractivity contribution < 1.29 is 22.7 Å². The smallest absolute Gasteiger partial charge is 0.357 e. The van der Waals surface area contributed by atoms with E-state index >= 15 is 0 Å². The highest BCUT2D eigenvalue weighted by Crippen LogP contribution is 2.39. The van der Waals surface area contributed by atoms with Gasteiger partial charge in [0.1, 0.15) is 0 Å². The number of sulfonamides is 1. The van der Waals surface area contributed by atoms with Gasteiger partial charge in [-0.2, -0.15) is 9.40 Å². The number of ether oxygens (including phenoxy) is 1. The number of carbonyl (C=O) groups is 2. The lowest BCUT2D eigenvalue weighted by molar-refractivity contribution is -0.119. The van der Waals surface area contributed by atoms with Crippen LogP contribution in [0.2, 0.25) is 0 Å². The molecule has 1 aliphatic rings. The summed E-state index contributed by atoms with van der Waals surface area (Å²) < 4.78 is 33.3. The second-order valence-corrected chi connectivity index (χ2v) is 10.2. The molecule has 1 saturated carbocycles. The summed E-state index contributed by atoms with van der Waals surface area (Å²) in [6.45, 7) is 3.80. The minimum absolute atomic E-state index is 0.145. The number of para-hydroxylation sites is 1. The first kappa shape index (κ1) is 24.6. The average molecular weight is 497 g/mol. The molecule has 0 saturated heterocycles. The van der Waals surface area contributed by atoms with Crippen LogP contribution in [0.25, 0.3) is 5.69 Å². The number of nitrogens with zero attached hydrogens (tertiary/aromatic N) is 3. The maximum absolute atomic E-state index is 12.8. The van der Waals surface area contributed by atoms with Gasteiger partial charge in [0.15, 0.2) is 12.3 Å². The fourth-order valence-corrected chi connectivity index (χ4v) is 5.17. The van der Waals surface area contributed by atoms with Crippen molar-refractivity contribution in [3.05, 3.63) is 72.1 Å². The summed E-state index contributed by atoms with van der Waals surface area (Å²) in [6.07, 6.45) is 2.08. The monoisotopic (exact) mass is 496 g/mol. The van der Waals surface area contributed by atoms with Crippen LogP contribution in [0.4, 0.5) is 5.69 Å². The van der Waals surface area contributed by atoms with E-state index in [1.807, 2.05) is 30.3 Å². The number of anilines is 1. The number of nitrogens with one attached hydrogen (secondary N) is 1. The van der Waals surface area contributed by atoms with Gasteiger partial charge in [-0.25, -0.2) is 17.9 Å². The van der Waals surface area contributed by atoms with Gasteiger partial charge in [0.2, 0.25) is 10.0 Å². The summed E-state index contributed by atoms with van der Waals surface area (Å²) in [4.78, 5) is 25.3. The molecule has 0 spiro atoms. The van der Waals surface area contributed by atoms with Crippen LogP contribution in [0.15, 0.2) is 65.6 Å². The Bertz CT molecular complexity index is 1300. The van der Waals surface area contributed by atoms with E-state index in [0.717, 1.165) is 24.2 Å². The summed E-state index contributed by atoms with van der Waals surface area (Å²) in [5, 5.41) is 7.19. The van der Waals surface area contributed by atoms with E-state index in [0.29, 0.717) is 24.7 Å². The molecular formula is C25H28N4O5S. The van der Waals surface area contributed by atoms with Gasteiger partial charge in [-0.05, 0) is 55.3 Å². The Kier molecular flexibility index (Phi) is 7.32. The number of benzene rings is 2. The Morgan fingerprint density at radius 2 is 1.71 bits per heavy atom. The third-order valence-electron chi connectivity index (χ3n) is 5.75. The molecule has 0 aliphatic heterocycles. The van der Waals surface area contributed by atoms with Crippen LogP contribution in [-0.2, 0) is 19.6 Å². The van der Waals surface area contributed by atoms with Crippen LogP contribution in [0.1, 0.15) is 48.8 Å². The van der Waals surface area contributed by atoms with Gasteiger partial charge in [0.05, 0.1) is 16.3 Å². The maximum Gasteiger partial charge on any atom is 0.357 e. The molecule has 1 aromatic heterocycles. The molecule has 0 bridgehead atoms. The number of hydrogen-bond donors (Lipinski definition) is 1. The van der Waals surface area contributed by atoms with Crippen LogP contribution in [0.3, 0.4) is 0 Å². The Labute approximate surface area is 204 Å². The van der Waals surface area contributed by atoms with Gasteiger partial charge in [0.25, 0.3) is 5.91 Å². The van der Waals surface area contributed by atoms with E-state index in [-0.39, 0.29) is 10.6 Å². The first-order chi connectivity index (χ1) is 16.8. The van der Waals surface area contributed by atoms with Gasteiger partial charge >= 0.3 is 5.97 Å². The van der Waals surface area contributed by atoms with Gasteiger partial charge in [-0.15, -0.1) is 0 Å². The third-order valence-corrected chi connectivity index (χ3v) is 7.81. The van der Waals surface area contributed by atoms with Crippen molar-refractivity contribution >= 4 is 27.6 Å². The standard InChI is InChI=1S/C25H28N4O5S/c1-3-28(4-2)35(32,33)21-14-12-19(13-15-21)26-24(30)17-34-25(31)23-16-22(18-10-11-18)27-29(23)20-8-6-5-7-9-20/h5-9,12-16,18H,3-4,10-11,17H2,1-2H3,(H,26,30). The predicted octanol–water partition coefficient (Wildman–Crippen LogP) is 3.58. The number of rotatable bonds is 10. The lowest BCUT2D eigenvalue weighted by atomic mass is 10.2. The molecule has 184 valence electrons. The topological polar surface area (TPSA) is 111 Å². The highest BCUT2D eigenvalue weighted by molar-refractivity contribution is 7.89. The van der Waals surface area contributed by atoms with E-state index in [1.165, 1.54) is 28.6 Å². The van der Waals surface area contributed by atoms with Crippen molar-refractivity contribution in [1.82, 2.24) is 14.1 Å². The highest BCUT2D eigenvalue weighted by Gasteiger charge is 2.29. The Balaban J connectivity index is 1.39. The van der Waals surface area contributed by atoms with E-state index in [1.54, 1.807) is 24.6 Å². The molecule has 4 rings (SSSR count). The molecule has 0 atom stereocenters. The Morgan fingerprint density at radius 3 is 2.31 bits per heavy atom. The van der Waals surface area contributed by atoms with Gasteiger partial charge < -0.3 is 10.1 Å². The Hall–Kier alpha value is -3.50. The van der Waals surface area contributed by atoms with Crippen LogP contribution in [-0.4, -0.2) is 54.1 Å². The molecule has 35 heavy (non-hydrogen) atoms. The van der Waals surface area contributed by atoms with E-state index < -0.39 is 28.5 Å². The molecule has 1 aliphatic carbocycles. The van der Waals surface area contributed by atoms with Crippen LogP contribution >= 0.6 is 0 Å². The lowest BCUT2D eigenvalue weighted by Gasteiger charge is -2.18. The summed E-state index contributed by atoms with van der Waals surface area (Å²) in [6, 6.07) is 16.9. The van der Waals surface area contributed by atoms with E-state index in [9.17, 15) is 18.0 Å². The quantitative estimate of drug-likeness (QED) is 0.430. The molecule has 1 amide bonds. The van der Waals surface area contributed by atoms with E-state index in [4.69, 9.17) is 4.74 Å². The van der Waals surface area contributed by atoms with Crippen molar-refractivity contribution in [2.75, 3.05) is 25.0 Å². The molecule has 1 fully saturated rings. The summed E-state index contributed by atoms with van der Waals surface area (Å²) in [5.41, 5.74) is 2.23. The first-order valence-corrected chi connectivity index (χ1v) is 13.0. The molecule has 3 aromatic rings. The minimum Gasteiger partial charge on any atom is -0.451 e. The highest BCUT2D eigenvalue weighted by atomic mass is 32.2. The maximum atomic E-state index is 12.8. The van der Waals surface area contributed by atoms with Crippen LogP contribution < -0.4 is 5.32 Å². The third kappa shape index (κ3) is 5.60. The van der Waals surface area contributed by atoms with Crippen molar-refractivity contribution in [3.8, 4) is 5.69 Å². The second-order valence-electron chi connectivity index (χ2n) is 8.21. The van der Waals surface area contributed by atoms with Crippen molar-refractivity contribution in [2.24, 2.45) is 0 Å². The number of carbonyl (C=O) groups excluding carboxylic acids is 2. The molecule has 0 unspecified atom stereocenters. The van der Waals surface area contributed by atoms with E-state index in [2.05, 4.69) is 10.4 Å².